The number of halogens is 2. The number of rotatable bonds is 7. The van der Waals surface area contributed by atoms with Crippen LogP contribution in [0.2, 0.25) is 0 Å². The van der Waals surface area contributed by atoms with Crippen molar-refractivity contribution < 1.29 is 23.4 Å². The van der Waals surface area contributed by atoms with E-state index in [1.807, 2.05) is 13.8 Å². The summed E-state index contributed by atoms with van der Waals surface area (Å²) < 4.78 is 28.9. The van der Waals surface area contributed by atoms with E-state index in [0.717, 1.165) is 12.8 Å². The maximum atomic E-state index is 12.6. The van der Waals surface area contributed by atoms with Crippen LogP contribution in [0.3, 0.4) is 0 Å². The van der Waals surface area contributed by atoms with Crippen molar-refractivity contribution in [3.63, 3.8) is 0 Å². The zero-order chi connectivity index (χ0) is 15.1. The lowest BCUT2D eigenvalue weighted by atomic mass is 10.3. The first-order chi connectivity index (χ1) is 9.03. The Labute approximate surface area is 114 Å². The molecule has 0 radical (unpaired) electrons. The molecular formula is C14H24F2O3. The van der Waals surface area contributed by atoms with Crippen LogP contribution >= 0.6 is 0 Å². The first-order valence-corrected chi connectivity index (χ1v) is 6.51. The molecule has 19 heavy (non-hydrogen) atoms. The molecule has 0 heterocycles. The van der Waals surface area contributed by atoms with Crippen LogP contribution in [0.4, 0.5) is 8.78 Å². The molecule has 0 saturated carbocycles. The summed E-state index contributed by atoms with van der Waals surface area (Å²) in [5.41, 5.74) is 0. The predicted molar refractivity (Wildman–Crippen MR) is 71.9 cm³/mol. The number of hydrogen-bond donors (Lipinski definition) is 1. The van der Waals surface area contributed by atoms with Gasteiger partial charge in [0, 0.05) is 0 Å². The monoisotopic (exact) mass is 278 g/mol. The van der Waals surface area contributed by atoms with Gasteiger partial charge >= 0.3 is 5.97 Å². The Morgan fingerprint density at radius 1 is 1.11 bits per heavy atom. The van der Waals surface area contributed by atoms with Crippen molar-refractivity contribution in [2.75, 3.05) is 13.2 Å². The quantitative estimate of drug-likeness (QED) is 0.568. The molecule has 0 amide bonds. The molecule has 0 atom stereocenters. The molecule has 0 aromatic heterocycles. The molecule has 0 fully saturated rings. The van der Waals surface area contributed by atoms with Crippen LogP contribution in [0, 0.1) is 0 Å². The Kier molecular flexibility index (Phi) is 15.7. The molecule has 0 bridgehead atoms. The molecule has 0 aliphatic carbocycles. The number of carbonyl (C=O) groups is 1. The minimum Gasteiger partial charge on any atom is -0.461 e. The average Bonchev–Trinajstić information content (AvgIpc) is 2.42. The summed E-state index contributed by atoms with van der Waals surface area (Å²) >= 11 is 0. The van der Waals surface area contributed by atoms with Crippen molar-refractivity contribution in [3.8, 4) is 0 Å². The first-order valence-electron chi connectivity index (χ1n) is 6.51. The predicted octanol–water partition coefficient (Wildman–Crippen LogP) is 3.84. The topological polar surface area (TPSA) is 46.5 Å². The lowest BCUT2D eigenvalue weighted by Gasteiger charge is -1.96. The molecule has 3 nitrogen and oxygen atoms in total. The van der Waals surface area contributed by atoms with Gasteiger partial charge in [-0.05, 0) is 25.8 Å². The van der Waals surface area contributed by atoms with Crippen LogP contribution < -0.4 is 0 Å². The van der Waals surface area contributed by atoms with Gasteiger partial charge < -0.3 is 9.84 Å². The number of unbranched alkanes of at least 4 members (excludes halogenated alkanes) is 2. The summed E-state index contributed by atoms with van der Waals surface area (Å²) in [4.78, 5) is 10.6. The molecular weight excluding hydrogens is 254 g/mol. The van der Waals surface area contributed by atoms with Gasteiger partial charge in [0.1, 0.15) is 5.83 Å². The highest BCUT2D eigenvalue weighted by Gasteiger charge is 2.07. The molecule has 0 saturated heterocycles. The minimum absolute atomic E-state index is 0.215. The Hall–Kier alpha value is -1.23. The highest BCUT2D eigenvalue weighted by Crippen LogP contribution is 2.02. The molecule has 0 unspecified atom stereocenters. The maximum Gasteiger partial charge on any atom is 0.366 e. The zero-order valence-electron chi connectivity index (χ0n) is 11.9. The van der Waals surface area contributed by atoms with Crippen LogP contribution in [0.15, 0.2) is 23.8 Å². The number of aliphatic hydroxyl groups excluding tert-OH is 1. The normalized spacial score (nSPS) is 11.7. The summed E-state index contributed by atoms with van der Waals surface area (Å²) in [6.45, 7) is 5.27. The van der Waals surface area contributed by atoms with E-state index < -0.39 is 24.2 Å². The van der Waals surface area contributed by atoms with Crippen LogP contribution in [0.25, 0.3) is 0 Å². The second kappa shape index (κ2) is 14.8. The van der Waals surface area contributed by atoms with Crippen molar-refractivity contribution in [1.29, 1.82) is 0 Å². The fraction of sp³-hybridized carbons (Fsp3) is 0.643. The van der Waals surface area contributed by atoms with Crippen LogP contribution in [-0.4, -0.2) is 24.3 Å². The second-order valence-electron chi connectivity index (χ2n) is 3.66. The van der Waals surface area contributed by atoms with E-state index >= 15 is 0 Å². The van der Waals surface area contributed by atoms with E-state index in [2.05, 4.69) is 4.74 Å². The Bertz CT molecular complexity index is 286. The van der Waals surface area contributed by atoms with E-state index in [0.29, 0.717) is 12.8 Å². The van der Waals surface area contributed by atoms with E-state index in [9.17, 15) is 13.6 Å². The van der Waals surface area contributed by atoms with Gasteiger partial charge in [-0.25, -0.2) is 9.18 Å². The molecule has 1 N–H and O–H groups in total. The molecule has 0 spiro atoms. The summed E-state index contributed by atoms with van der Waals surface area (Å²) in [7, 11) is 0. The van der Waals surface area contributed by atoms with Gasteiger partial charge in [0.25, 0.3) is 0 Å². The number of carbonyl (C=O) groups excluding carboxylic acids is 1. The van der Waals surface area contributed by atoms with Crippen LogP contribution in [0.5, 0.6) is 0 Å². The molecule has 0 rings (SSSR count). The summed E-state index contributed by atoms with van der Waals surface area (Å²) in [5.74, 6) is -2.07. The lowest BCUT2D eigenvalue weighted by molar-refractivity contribution is -0.140. The lowest BCUT2D eigenvalue weighted by Crippen LogP contribution is -2.03. The highest BCUT2D eigenvalue weighted by molar-refractivity contribution is 5.85. The van der Waals surface area contributed by atoms with Gasteiger partial charge in [0.05, 0.1) is 13.2 Å². The number of ether oxygens (including phenoxy) is 1. The van der Waals surface area contributed by atoms with E-state index in [1.54, 1.807) is 6.92 Å². The second-order valence-corrected chi connectivity index (χ2v) is 3.66. The molecule has 0 aromatic rings. The molecule has 0 aliphatic rings. The third kappa shape index (κ3) is 14.7. The summed E-state index contributed by atoms with van der Waals surface area (Å²) in [6.07, 6.45) is 5.69. The molecule has 112 valence electrons. The third-order valence-electron chi connectivity index (χ3n) is 1.89. The number of allylic oxidation sites excluding steroid dienone is 2. The first kappa shape index (κ1) is 20.1. The Morgan fingerprint density at radius 2 is 1.63 bits per heavy atom. The fourth-order valence-electron chi connectivity index (χ4n) is 0.920. The number of esters is 1. The van der Waals surface area contributed by atoms with E-state index in [4.69, 9.17) is 5.11 Å². The molecule has 5 heteroatoms. The largest absolute Gasteiger partial charge is 0.461 e. The van der Waals surface area contributed by atoms with Crippen LogP contribution in [-0.2, 0) is 9.53 Å². The van der Waals surface area contributed by atoms with Gasteiger partial charge in [-0.15, -0.1) is 0 Å². The average molecular weight is 278 g/mol. The highest BCUT2D eigenvalue weighted by atomic mass is 19.1. The van der Waals surface area contributed by atoms with Crippen molar-refractivity contribution in [2.45, 2.75) is 46.5 Å². The third-order valence-corrected chi connectivity index (χ3v) is 1.89. The van der Waals surface area contributed by atoms with Crippen molar-refractivity contribution in [1.82, 2.24) is 0 Å². The smallest absolute Gasteiger partial charge is 0.366 e. The van der Waals surface area contributed by atoms with Gasteiger partial charge in [-0.2, -0.15) is 4.39 Å². The van der Waals surface area contributed by atoms with Gasteiger partial charge in [-0.1, -0.05) is 32.8 Å². The fourth-order valence-corrected chi connectivity index (χ4v) is 0.920. The minimum atomic E-state index is -0.860. The molecule has 0 aromatic carbocycles. The molecule has 0 aliphatic heterocycles. The van der Waals surface area contributed by atoms with Crippen molar-refractivity contribution in [2.24, 2.45) is 0 Å². The van der Waals surface area contributed by atoms with E-state index in [-0.39, 0.29) is 6.61 Å². The van der Waals surface area contributed by atoms with Gasteiger partial charge in [0.2, 0.25) is 5.83 Å². The van der Waals surface area contributed by atoms with Crippen molar-refractivity contribution >= 4 is 5.97 Å². The van der Waals surface area contributed by atoms with E-state index in [1.165, 1.54) is 12.2 Å². The Balaban J connectivity index is 0. The SMILES string of the molecule is CCC/C=C(/F)C(=O)OCC.CCC/C=C(/F)CO. The summed E-state index contributed by atoms with van der Waals surface area (Å²) in [5, 5.41) is 8.12. The van der Waals surface area contributed by atoms with Gasteiger partial charge in [-0.3, -0.25) is 0 Å². The van der Waals surface area contributed by atoms with Crippen molar-refractivity contribution in [3.05, 3.63) is 23.8 Å². The maximum absolute atomic E-state index is 12.6. The number of hydrogen-bond acceptors (Lipinski definition) is 3. The Morgan fingerprint density at radius 3 is 2.05 bits per heavy atom. The summed E-state index contributed by atoms with van der Waals surface area (Å²) in [6, 6.07) is 0. The number of aliphatic hydroxyl groups is 1. The zero-order valence-corrected chi connectivity index (χ0v) is 11.9. The standard InChI is InChI=1S/C8H13FO2.C6H11FO/c1-3-5-6-7(9)8(10)11-4-2;1-2-3-4-6(7)5-8/h6H,3-5H2,1-2H3;4,8H,2-3,5H2,1H3/b7-6+;6-4+. The van der Waals surface area contributed by atoms with Crippen LogP contribution in [0.1, 0.15) is 46.5 Å². The van der Waals surface area contributed by atoms with Gasteiger partial charge in [0.15, 0.2) is 0 Å².